The summed E-state index contributed by atoms with van der Waals surface area (Å²) in [5.74, 6) is 0.333. The summed E-state index contributed by atoms with van der Waals surface area (Å²) in [5.41, 5.74) is 0. The van der Waals surface area contributed by atoms with Gasteiger partial charge >= 0.3 is 0 Å². The molecule has 1 atom stereocenters. The fraction of sp³-hybridized carbons (Fsp3) is 0.545. The normalized spacial score (nSPS) is 21.1. The van der Waals surface area contributed by atoms with Crippen molar-refractivity contribution < 1.29 is 13.9 Å². The molecule has 5 nitrogen and oxygen atoms in total. The molecular formula is C11H16N2O3. The second kappa shape index (κ2) is 5.14. The molecule has 1 N–H and O–H groups in total. The van der Waals surface area contributed by atoms with Gasteiger partial charge in [-0.3, -0.25) is 4.79 Å². The molecule has 0 saturated carbocycles. The van der Waals surface area contributed by atoms with Crippen LogP contribution in [0.2, 0.25) is 0 Å². The fourth-order valence-corrected chi connectivity index (χ4v) is 1.81. The maximum atomic E-state index is 12.0. The lowest BCUT2D eigenvalue weighted by Crippen LogP contribution is -2.48. The van der Waals surface area contributed by atoms with Gasteiger partial charge in [0.05, 0.1) is 19.0 Å². The van der Waals surface area contributed by atoms with Crippen molar-refractivity contribution in [3.8, 4) is 0 Å². The zero-order valence-electron chi connectivity index (χ0n) is 9.31. The second-order valence-electron chi connectivity index (χ2n) is 3.78. The minimum atomic E-state index is -0.0607. The lowest BCUT2D eigenvalue weighted by Gasteiger charge is -2.32. The Morgan fingerprint density at radius 2 is 2.56 bits per heavy atom. The number of nitrogens with one attached hydrogen (secondary N) is 1. The van der Waals surface area contributed by atoms with Gasteiger partial charge in [0.2, 0.25) is 0 Å². The van der Waals surface area contributed by atoms with Gasteiger partial charge in [-0.25, -0.2) is 0 Å². The van der Waals surface area contributed by atoms with Crippen molar-refractivity contribution in [1.82, 2.24) is 10.2 Å². The van der Waals surface area contributed by atoms with E-state index in [9.17, 15) is 4.79 Å². The number of likely N-dealkylation sites (N-methyl/N-ethyl adjacent to an activating group) is 1. The van der Waals surface area contributed by atoms with Gasteiger partial charge in [0.25, 0.3) is 5.91 Å². The van der Waals surface area contributed by atoms with Gasteiger partial charge in [-0.1, -0.05) is 0 Å². The molecule has 0 radical (unpaired) electrons. The highest BCUT2D eigenvalue weighted by atomic mass is 16.5. The molecule has 0 spiro atoms. The van der Waals surface area contributed by atoms with Crippen LogP contribution in [0.4, 0.5) is 0 Å². The molecule has 1 amide bonds. The summed E-state index contributed by atoms with van der Waals surface area (Å²) in [6, 6.07) is 3.41. The quantitative estimate of drug-likeness (QED) is 0.804. The van der Waals surface area contributed by atoms with Crippen LogP contribution in [-0.4, -0.2) is 50.2 Å². The Hall–Kier alpha value is -1.33. The number of carbonyl (C=O) groups excluding carboxylic acids is 1. The third kappa shape index (κ3) is 2.43. The van der Waals surface area contributed by atoms with E-state index >= 15 is 0 Å². The van der Waals surface area contributed by atoms with Crippen LogP contribution in [0.3, 0.4) is 0 Å². The maximum Gasteiger partial charge on any atom is 0.289 e. The van der Waals surface area contributed by atoms with Crippen LogP contribution >= 0.6 is 0 Å². The minimum absolute atomic E-state index is 0.0607. The van der Waals surface area contributed by atoms with Crippen LogP contribution in [0.1, 0.15) is 10.6 Å². The first-order valence-electron chi connectivity index (χ1n) is 5.40. The Morgan fingerprint density at radius 3 is 3.25 bits per heavy atom. The molecule has 1 aromatic heterocycles. The van der Waals surface area contributed by atoms with Gasteiger partial charge in [0, 0.05) is 19.6 Å². The Balaban J connectivity index is 1.96. The topological polar surface area (TPSA) is 54.7 Å². The van der Waals surface area contributed by atoms with Crippen molar-refractivity contribution in [2.75, 3.05) is 33.3 Å². The zero-order valence-corrected chi connectivity index (χ0v) is 9.31. The largest absolute Gasteiger partial charge is 0.459 e. The molecule has 1 aromatic rings. The van der Waals surface area contributed by atoms with Gasteiger partial charge in [0.15, 0.2) is 5.76 Å². The number of ether oxygens (including phenoxy) is 1. The highest BCUT2D eigenvalue weighted by molar-refractivity contribution is 5.91. The highest BCUT2D eigenvalue weighted by Gasteiger charge is 2.25. The van der Waals surface area contributed by atoms with E-state index in [1.54, 1.807) is 17.0 Å². The zero-order chi connectivity index (χ0) is 11.4. The van der Waals surface area contributed by atoms with Crippen molar-refractivity contribution in [1.29, 1.82) is 0 Å². The third-order valence-corrected chi connectivity index (χ3v) is 2.59. The molecule has 2 heterocycles. The predicted molar refractivity (Wildman–Crippen MR) is 58.3 cm³/mol. The Kier molecular flexibility index (Phi) is 3.58. The summed E-state index contributed by atoms with van der Waals surface area (Å²) < 4.78 is 10.6. The SMILES string of the molecule is CNCC1CN(C(=O)c2ccco2)CCO1. The van der Waals surface area contributed by atoms with Crippen LogP contribution in [0, 0.1) is 0 Å². The Bertz CT molecular complexity index is 335. The van der Waals surface area contributed by atoms with E-state index < -0.39 is 0 Å². The third-order valence-electron chi connectivity index (χ3n) is 2.59. The van der Waals surface area contributed by atoms with Crippen molar-refractivity contribution in [2.24, 2.45) is 0 Å². The summed E-state index contributed by atoms with van der Waals surface area (Å²) in [5, 5.41) is 3.05. The summed E-state index contributed by atoms with van der Waals surface area (Å²) in [4.78, 5) is 13.7. The second-order valence-corrected chi connectivity index (χ2v) is 3.78. The van der Waals surface area contributed by atoms with Crippen molar-refractivity contribution >= 4 is 5.91 Å². The number of hydrogen-bond acceptors (Lipinski definition) is 4. The van der Waals surface area contributed by atoms with E-state index in [0.717, 1.165) is 6.54 Å². The summed E-state index contributed by atoms with van der Waals surface area (Å²) in [7, 11) is 1.87. The first-order valence-corrected chi connectivity index (χ1v) is 5.40. The maximum absolute atomic E-state index is 12.0. The van der Waals surface area contributed by atoms with E-state index in [2.05, 4.69) is 5.32 Å². The molecule has 1 aliphatic heterocycles. The number of morpholine rings is 1. The molecule has 5 heteroatoms. The van der Waals surface area contributed by atoms with E-state index in [-0.39, 0.29) is 12.0 Å². The number of amides is 1. The lowest BCUT2D eigenvalue weighted by atomic mass is 10.2. The van der Waals surface area contributed by atoms with Crippen LogP contribution in [0.25, 0.3) is 0 Å². The standard InChI is InChI=1S/C11H16N2O3/c1-12-7-9-8-13(4-6-15-9)11(14)10-3-2-5-16-10/h2-3,5,9,12H,4,6-8H2,1H3. The van der Waals surface area contributed by atoms with Crippen molar-refractivity contribution in [3.05, 3.63) is 24.2 Å². The van der Waals surface area contributed by atoms with Gasteiger partial charge < -0.3 is 19.4 Å². The Morgan fingerprint density at radius 1 is 1.69 bits per heavy atom. The van der Waals surface area contributed by atoms with Crippen molar-refractivity contribution in [3.63, 3.8) is 0 Å². The van der Waals surface area contributed by atoms with E-state index in [1.807, 2.05) is 7.05 Å². The molecule has 2 rings (SSSR count). The molecule has 1 aliphatic rings. The van der Waals surface area contributed by atoms with E-state index in [1.165, 1.54) is 6.26 Å². The predicted octanol–water partition coefficient (Wildman–Crippen LogP) is 0.340. The summed E-state index contributed by atoms with van der Waals surface area (Å²) >= 11 is 0. The number of carbonyl (C=O) groups is 1. The lowest BCUT2D eigenvalue weighted by molar-refractivity contribution is -0.0205. The average Bonchev–Trinajstić information content (AvgIpc) is 2.82. The summed E-state index contributed by atoms with van der Waals surface area (Å²) in [6.07, 6.45) is 1.58. The molecular weight excluding hydrogens is 208 g/mol. The van der Waals surface area contributed by atoms with Crippen molar-refractivity contribution in [2.45, 2.75) is 6.10 Å². The molecule has 1 fully saturated rings. The molecule has 16 heavy (non-hydrogen) atoms. The molecule has 1 saturated heterocycles. The van der Waals surface area contributed by atoms with E-state index in [0.29, 0.717) is 25.5 Å². The Labute approximate surface area is 94.4 Å². The summed E-state index contributed by atoms with van der Waals surface area (Å²) in [6.45, 7) is 2.57. The monoisotopic (exact) mass is 224 g/mol. The van der Waals surface area contributed by atoms with Gasteiger partial charge in [-0.2, -0.15) is 0 Å². The number of rotatable bonds is 3. The van der Waals surface area contributed by atoms with Crippen LogP contribution in [0.15, 0.2) is 22.8 Å². The van der Waals surface area contributed by atoms with E-state index in [4.69, 9.17) is 9.15 Å². The van der Waals surface area contributed by atoms with Crippen LogP contribution in [-0.2, 0) is 4.74 Å². The highest BCUT2D eigenvalue weighted by Crippen LogP contribution is 2.10. The van der Waals surface area contributed by atoms with Gasteiger partial charge in [-0.15, -0.1) is 0 Å². The molecule has 1 unspecified atom stereocenters. The smallest absolute Gasteiger partial charge is 0.289 e. The number of hydrogen-bond donors (Lipinski definition) is 1. The number of furan rings is 1. The average molecular weight is 224 g/mol. The van der Waals surface area contributed by atoms with Crippen LogP contribution in [0.5, 0.6) is 0 Å². The number of nitrogens with zero attached hydrogens (tertiary/aromatic N) is 1. The van der Waals surface area contributed by atoms with Gasteiger partial charge in [0.1, 0.15) is 0 Å². The first kappa shape index (κ1) is 11.2. The molecule has 0 aliphatic carbocycles. The first-order chi connectivity index (χ1) is 7.81. The minimum Gasteiger partial charge on any atom is -0.459 e. The molecule has 88 valence electrons. The molecule has 0 aromatic carbocycles. The molecule has 0 bridgehead atoms. The fourth-order valence-electron chi connectivity index (χ4n) is 1.81. The van der Waals surface area contributed by atoms with Gasteiger partial charge in [-0.05, 0) is 19.2 Å². The van der Waals surface area contributed by atoms with Crippen LogP contribution < -0.4 is 5.32 Å².